The van der Waals surface area contributed by atoms with Crippen molar-refractivity contribution >= 4 is 21.6 Å². The molecule has 0 spiro atoms. The molecule has 1 aromatic carbocycles. The van der Waals surface area contributed by atoms with Gasteiger partial charge in [0.25, 0.3) is 0 Å². The van der Waals surface area contributed by atoms with Gasteiger partial charge in [-0.05, 0) is 34.3 Å². The van der Waals surface area contributed by atoms with Crippen LogP contribution in [-0.2, 0) is 11.3 Å². The molecule has 2 rings (SSSR count). The van der Waals surface area contributed by atoms with Crippen molar-refractivity contribution in [2.75, 3.05) is 21.3 Å². The Kier molecular flexibility index (Phi) is 3.57. The van der Waals surface area contributed by atoms with Crippen molar-refractivity contribution in [2.45, 2.75) is 12.8 Å². The molecule has 17 heavy (non-hydrogen) atoms. The first-order chi connectivity index (χ1) is 8.22. The predicted octanol–water partition coefficient (Wildman–Crippen LogP) is 2.76. The fourth-order valence-electron chi connectivity index (χ4n) is 2.09. The Hall–Kier alpha value is -1.23. The maximum Gasteiger partial charge on any atom is 0.137 e. The molecule has 0 unspecified atom stereocenters. The van der Waals surface area contributed by atoms with E-state index in [9.17, 15) is 0 Å². The van der Waals surface area contributed by atoms with Gasteiger partial charge in [-0.15, -0.1) is 0 Å². The molecule has 0 N–H and O–H groups in total. The number of benzene rings is 1. The van der Waals surface area contributed by atoms with E-state index in [4.69, 9.17) is 14.3 Å². The Balaban J connectivity index is 2.63. The van der Waals surface area contributed by atoms with E-state index in [-0.39, 0.29) is 0 Å². The number of nitrogens with zero attached hydrogens (tertiary/aromatic N) is 1. The molecule has 0 fully saturated rings. The summed E-state index contributed by atoms with van der Waals surface area (Å²) in [4.78, 5) is 4.86. The molecule has 5 heteroatoms. The summed E-state index contributed by atoms with van der Waals surface area (Å²) in [6, 6.07) is 1.86. The standard InChI is InChI=1S/C12H14BrNO3/c1-15-9-6-10(16-2)12(13)7-4-5-8(11(7)9)14-17-3/h6H,4-5H2,1-3H3/b14-8+. The zero-order valence-electron chi connectivity index (χ0n) is 10.0. The summed E-state index contributed by atoms with van der Waals surface area (Å²) in [5, 5.41) is 4.05. The van der Waals surface area contributed by atoms with Crippen LogP contribution in [0, 0.1) is 0 Å². The lowest BCUT2D eigenvalue weighted by molar-refractivity contribution is 0.213. The van der Waals surface area contributed by atoms with E-state index in [0.29, 0.717) is 0 Å². The minimum atomic E-state index is 0.772. The van der Waals surface area contributed by atoms with Gasteiger partial charge in [-0.2, -0.15) is 0 Å². The summed E-state index contributed by atoms with van der Waals surface area (Å²) in [7, 11) is 4.84. The van der Waals surface area contributed by atoms with Crippen molar-refractivity contribution in [3.05, 3.63) is 21.7 Å². The Bertz CT molecular complexity index is 471. The lowest BCUT2D eigenvalue weighted by Crippen LogP contribution is -2.01. The second-order valence-electron chi connectivity index (χ2n) is 3.67. The fourth-order valence-corrected chi connectivity index (χ4v) is 2.77. The second-order valence-corrected chi connectivity index (χ2v) is 4.46. The van der Waals surface area contributed by atoms with Crippen LogP contribution in [-0.4, -0.2) is 27.0 Å². The van der Waals surface area contributed by atoms with Crippen LogP contribution in [0.2, 0.25) is 0 Å². The zero-order chi connectivity index (χ0) is 12.4. The molecule has 0 amide bonds. The van der Waals surface area contributed by atoms with Crippen molar-refractivity contribution in [2.24, 2.45) is 5.16 Å². The average Bonchev–Trinajstić information content (AvgIpc) is 2.75. The topological polar surface area (TPSA) is 40.0 Å². The zero-order valence-corrected chi connectivity index (χ0v) is 11.6. The van der Waals surface area contributed by atoms with Gasteiger partial charge in [-0.3, -0.25) is 0 Å². The summed E-state index contributed by atoms with van der Waals surface area (Å²) >= 11 is 3.56. The monoisotopic (exact) mass is 299 g/mol. The van der Waals surface area contributed by atoms with Gasteiger partial charge in [-0.1, -0.05) is 5.16 Å². The van der Waals surface area contributed by atoms with Crippen LogP contribution < -0.4 is 9.47 Å². The summed E-state index contributed by atoms with van der Waals surface area (Å²) in [5.74, 6) is 1.55. The van der Waals surface area contributed by atoms with E-state index in [1.54, 1.807) is 21.3 Å². The van der Waals surface area contributed by atoms with Gasteiger partial charge in [0.05, 0.1) is 24.4 Å². The SMILES string of the molecule is CO/N=C1\CCc2c(Br)c(OC)cc(OC)c21. The first-order valence-corrected chi connectivity index (χ1v) is 6.06. The van der Waals surface area contributed by atoms with Crippen LogP contribution in [0.25, 0.3) is 0 Å². The van der Waals surface area contributed by atoms with Crippen molar-refractivity contribution in [3.8, 4) is 11.5 Å². The van der Waals surface area contributed by atoms with Crippen molar-refractivity contribution in [3.63, 3.8) is 0 Å². The maximum atomic E-state index is 5.39. The summed E-state index contributed by atoms with van der Waals surface area (Å²) in [6.07, 6.45) is 1.76. The Labute approximate surface area is 109 Å². The van der Waals surface area contributed by atoms with E-state index < -0.39 is 0 Å². The Morgan fingerprint density at radius 1 is 1.12 bits per heavy atom. The van der Waals surface area contributed by atoms with Gasteiger partial charge in [-0.25, -0.2) is 0 Å². The van der Waals surface area contributed by atoms with Gasteiger partial charge in [0.2, 0.25) is 0 Å². The Morgan fingerprint density at radius 3 is 2.41 bits per heavy atom. The molecule has 1 aliphatic carbocycles. The molecule has 0 atom stereocenters. The molecule has 1 aliphatic rings. The van der Waals surface area contributed by atoms with Gasteiger partial charge >= 0.3 is 0 Å². The minimum Gasteiger partial charge on any atom is -0.496 e. The number of ether oxygens (including phenoxy) is 2. The highest BCUT2D eigenvalue weighted by Gasteiger charge is 2.27. The van der Waals surface area contributed by atoms with Crippen LogP contribution in [0.4, 0.5) is 0 Å². The number of hydrogen-bond acceptors (Lipinski definition) is 4. The molecule has 4 nitrogen and oxygen atoms in total. The quantitative estimate of drug-likeness (QED) is 0.806. The lowest BCUT2D eigenvalue weighted by Gasteiger charge is -2.12. The largest absolute Gasteiger partial charge is 0.496 e. The highest BCUT2D eigenvalue weighted by atomic mass is 79.9. The molecule has 0 saturated heterocycles. The fraction of sp³-hybridized carbons (Fsp3) is 0.417. The van der Waals surface area contributed by atoms with E-state index in [0.717, 1.165) is 45.7 Å². The molecule has 0 bridgehead atoms. The van der Waals surface area contributed by atoms with Crippen molar-refractivity contribution in [1.82, 2.24) is 0 Å². The number of fused-ring (bicyclic) bond motifs is 1. The molecule has 0 saturated carbocycles. The first-order valence-electron chi connectivity index (χ1n) is 5.26. The normalized spacial score (nSPS) is 15.9. The van der Waals surface area contributed by atoms with Crippen molar-refractivity contribution < 1.29 is 14.3 Å². The third-order valence-electron chi connectivity index (χ3n) is 2.83. The number of hydrogen-bond donors (Lipinski definition) is 0. The van der Waals surface area contributed by atoms with Gasteiger partial charge in [0.1, 0.15) is 18.6 Å². The second kappa shape index (κ2) is 4.96. The third kappa shape index (κ3) is 1.99. The van der Waals surface area contributed by atoms with Gasteiger partial charge in [0.15, 0.2) is 0 Å². The number of methoxy groups -OCH3 is 2. The van der Waals surface area contributed by atoms with Crippen LogP contribution in [0.1, 0.15) is 17.5 Å². The van der Waals surface area contributed by atoms with E-state index in [1.807, 2.05) is 6.07 Å². The molecule has 0 radical (unpaired) electrons. The number of oxime groups is 1. The predicted molar refractivity (Wildman–Crippen MR) is 69.1 cm³/mol. The van der Waals surface area contributed by atoms with Gasteiger partial charge < -0.3 is 14.3 Å². The molecule has 0 aliphatic heterocycles. The van der Waals surface area contributed by atoms with Crippen LogP contribution in [0.15, 0.2) is 15.7 Å². The summed E-state index contributed by atoms with van der Waals surface area (Å²) < 4.78 is 11.7. The van der Waals surface area contributed by atoms with E-state index in [1.165, 1.54) is 0 Å². The molecule has 0 heterocycles. The van der Waals surface area contributed by atoms with E-state index in [2.05, 4.69) is 21.1 Å². The number of rotatable bonds is 3. The minimum absolute atomic E-state index is 0.772. The summed E-state index contributed by atoms with van der Waals surface area (Å²) in [6.45, 7) is 0. The molecule has 1 aromatic rings. The maximum absolute atomic E-state index is 5.39. The van der Waals surface area contributed by atoms with E-state index >= 15 is 0 Å². The molecule has 92 valence electrons. The first kappa shape index (κ1) is 12.2. The number of halogens is 1. The third-order valence-corrected chi connectivity index (χ3v) is 3.70. The van der Waals surface area contributed by atoms with Crippen molar-refractivity contribution in [1.29, 1.82) is 0 Å². The molecular weight excluding hydrogens is 286 g/mol. The van der Waals surface area contributed by atoms with Crippen LogP contribution in [0.3, 0.4) is 0 Å². The summed E-state index contributed by atoms with van der Waals surface area (Å²) in [5.41, 5.74) is 3.10. The smallest absolute Gasteiger partial charge is 0.137 e. The highest BCUT2D eigenvalue weighted by Crippen LogP contribution is 2.42. The lowest BCUT2D eigenvalue weighted by atomic mass is 10.1. The highest BCUT2D eigenvalue weighted by molar-refractivity contribution is 9.10. The Morgan fingerprint density at radius 2 is 1.82 bits per heavy atom. The van der Waals surface area contributed by atoms with Crippen LogP contribution in [0.5, 0.6) is 11.5 Å². The van der Waals surface area contributed by atoms with Gasteiger partial charge in [0, 0.05) is 11.6 Å². The van der Waals surface area contributed by atoms with Crippen LogP contribution >= 0.6 is 15.9 Å². The molecular formula is C12H14BrNO3. The average molecular weight is 300 g/mol. The molecule has 0 aromatic heterocycles.